The van der Waals surface area contributed by atoms with Gasteiger partial charge in [0.25, 0.3) is 10.0 Å². The highest BCUT2D eigenvalue weighted by Crippen LogP contribution is 2.17. The SMILES string of the molecule is Cn1nnc(Br)c1S(=O)(=O)NCCCOCc1ccco1. The van der Waals surface area contributed by atoms with Crippen molar-refractivity contribution in [2.45, 2.75) is 18.1 Å². The van der Waals surface area contributed by atoms with Crippen LogP contribution in [0.2, 0.25) is 0 Å². The third-order valence-corrected chi connectivity index (χ3v) is 4.92. The second kappa shape index (κ2) is 7.16. The number of halogens is 1. The van der Waals surface area contributed by atoms with E-state index in [-0.39, 0.29) is 16.2 Å². The molecule has 2 rings (SSSR count). The van der Waals surface area contributed by atoms with Gasteiger partial charge in [0.05, 0.1) is 6.26 Å². The van der Waals surface area contributed by atoms with Crippen LogP contribution in [0.15, 0.2) is 32.4 Å². The smallest absolute Gasteiger partial charge is 0.260 e. The molecule has 0 atom stereocenters. The van der Waals surface area contributed by atoms with E-state index in [2.05, 4.69) is 31.0 Å². The number of nitrogens with zero attached hydrogens (tertiary/aromatic N) is 3. The van der Waals surface area contributed by atoms with E-state index in [0.29, 0.717) is 19.6 Å². The second-order valence-electron chi connectivity index (χ2n) is 4.19. The third-order valence-electron chi connectivity index (χ3n) is 2.57. The van der Waals surface area contributed by atoms with Gasteiger partial charge in [0.15, 0.2) is 4.60 Å². The van der Waals surface area contributed by atoms with Gasteiger partial charge in [-0.15, -0.1) is 5.10 Å². The van der Waals surface area contributed by atoms with E-state index in [9.17, 15) is 8.42 Å². The van der Waals surface area contributed by atoms with Crippen molar-refractivity contribution in [2.75, 3.05) is 13.2 Å². The maximum atomic E-state index is 12.1. The molecule has 0 radical (unpaired) electrons. The van der Waals surface area contributed by atoms with Gasteiger partial charge in [-0.3, -0.25) is 0 Å². The van der Waals surface area contributed by atoms with Crippen LogP contribution in [-0.2, 0) is 28.4 Å². The number of hydrogen-bond acceptors (Lipinski definition) is 6. The van der Waals surface area contributed by atoms with Gasteiger partial charge < -0.3 is 9.15 Å². The summed E-state index contributed by atoms with van der Waals surface area (Å²) in [6.45, 7) is 1.06. The van der Waals surface area contributed by atoms with Gasteiger partial charge in [0.1, 0.15) is 12.4 Å². The quantitative estimate of drug-likeness (QED) is 0.689. The number of aryl methyl sites for hydroxylation is 1. The molecule has 0 aliphatic rings. The first-order valence-electron chi connectivity index (χ1n) is 6.15. The van der Waals surface area contributed by atoms with Crippen LogP contribution in [0, 0.1) is 0 Å². The van der Waals surface area contributed by atoms with Crippen molar-refractivity contribution in [3.63, 3.8) is 0 Å². The van der Waals surface area contributed by atoms with Crippen molar-refractivity contribution in [1.82, 2.24) is 19.7 Å². The summed E-state index contributed by atoms with van der Waals surface area (Å²) in [5.41, 5.74) is 0. The number of rotatable bonds is 8. The second-order valence-corrected chi connectivity index (χ2v) is 6.63. The van der Waals surface area contributed by atoms with Crippen molar-refractivity contribution in [3.8, 4) is 0 Å². The Morgan fingerprint density at radius 3 is 2.95 bits per heavy atom. The molecule has 0 amide bonds. The normalized spacial score (nSPS) is 11.9. The molecule has 2 aromatic heterocycles. The van der Waals surface area contributed by atoms with Gasteiger partial charge in [-0.1, -0.05) is 5.21 Å². The highest BCUT2D eigenvalue weighted by atomic mass is 79.9. The van der Waals surface area contributed by atoms with Crippen molar-refractivity contribution < 1.29 is 17.6 Å². The van der Waals surface area contributed by atoms with E-state index in [1.165, 1.54) is 11.7 Å². The summed E-state index contributed by atoms with van der Waals surface area (Å²) in [5, 5.41) is 7.28. The fraction of sp³-hybridized carbons (Fsp3) is 0.455. The van der Waals surface area contributed by atoms with Gasteiger partial charge >= 0.3 is 0 Å². The lowest BCUT2D eigenvalue weighted by Crippen LogP contribution is -2.27. The lowest BCUT2D eigenvalue weighted by Gasteiger charge is -2.07. The lowest BCUT2D eigenvalue weighted by molar-refractivity contribution is 0.105. The summed E-state index contributed by atoms with van der Waals surface area (Å²) >= 11 is 3.06. The highest BCUT2D eigenvalue weighted by Gasteiger charge is 2.23. The molecule has 0 aliphatic carbocycles. The summed E-state index contributed by atoms with van der Waals surface area (Å²) in [5.74, 6) is 0.737. The van der Waals surface area contributed by atoms with Crippen LogP contribution in [0.4, 0.5) is 0 Å². The van der Waals surface area contributed by atoms with Crippen LogP contribution < -0.4 is 4.72 Å². The Kier molecular flexibility index (Phi) is 5.51. The molecular weight excluding hydrogens is 364 g/mol. The van der Waals surface area contributed by atoms with Crippen LogP contribution in [-0.4, -0.2) is 36.6 Å². The Balaban J connectivity index is 1.73. The summed E-state index contributed by atoms with van der Waals surface area (Å²) < 4.78 is 38.4. The molecular formula is C11H15BrN4O4S. The standard InChI is InChI=1S/C11H15BrN4O4S/c1-16-11(10(12)14-15-16)21(17,18)13-5-3-6-19-8-9-4-2-7-20-9/h2,4,7,13H,3,5-6,8H2,1H3. The van der Waals surface area contributed by atoms with Crippen LogP contribution in [0.25, 0.3) is 0 Å². The van der Waals surface area contributed by atoms with Crippen LogP contribution >= 0.6 is 15.9 Å². The molecule has 8 nitrogen and oxygen atoms in total. The first-order chi connectivity index (χ1) is 10.0. The van der Waals surface area contributed by atoms with Crippen LogP contribution in [0.3, 0.4) is 0 Å². The molecule has 0 fully saturated rings. The maximum Gasteiger partial charge on any atom is 0.260 e. The molecule has 2 heterocycles. The van der Waals surface area contributed by atoms with E-state index in [0.717, 1.165) is 5.76 Å². The van der Waals surface area contributed by atoms with E-state index in [4.69, 9.17) is 9.15 Å². The average molecular weight is 379 g/mol. The van der Waals surface area contributed by atoms with Crippen molar-refractivity contribution in [2.24, 2.45) is 7.05 Å². The highest BCUT2D eigenvalue weighted by molar-refractivity contribution is 9.10. The Morgan fingerprint density at radius 1 is 1.52 bits per heavy atom. The zero-order valence-electron chi connectivity index (χ0n) is 11.3. The molecule has 2 aromatic rings. The number of hydrogen-bond donors (Lipinski definition) is 1. The minimum absolute atomic E-state index is 0.000922. The minimum Gasteiger partial charge on any atom is -0.467 e. The Bertz CT molecular complexity index is 649. The van der Waals surface area contributed by atoms with Crippen LogP contribution in [0.5, 0.6) is 0 Å². The minimum atomic E-state index is -3.64. The predicted octanol–water partition coefficient (Wildman–Crippen LogP) is 1.06. The van der Waals surface area contributed by atoms with Crippen LogP contribution in [0.1, 0.15) is 12.2 Å². The number of sulfonamides is 1. The molecule has 0 saturated carbocycles. The fourth-order valence-corrected chi connectivity index (χ4v) is 3.79. The first kappa shape index (κ1) is 16.1. The zero-order chi connectivity index (χ0) is 15.3. The molecule has 0 unspecified atom stereocenters. The number of aromatic nitrogens is 3. The van der Waals surface area contributed by atoms with Gasteiger partial charge in [0.2, 0.25) is 5.03 Å². The molecule has 0 bridgehead atoms. The van der Waals surface area contributed by atoms with E-state index >= 15 is 0 Å². The molecule has 0 aliphatic heterocycles. The predicted molar refractivity (Wildman–Crippen MR) is 76.9 cm³/mol. The van der Waals surface area contributed by atoms with E-state index in [1.807, 2.05) is 6.07 Å². The lowest BCUT2D eigenvalue weighted by atomic mass is 10.4. The summed E-state index contributed by atoms with van der Waals surface area (Å²) in [6, 6.07) is 3.60. The van der Waals surface area contributed by atoms with Crippen molar-refractivity contribution in [3.05, 3.63) is 28.8 Å². The van der Waals surface area contributed by atoms with Gasteiger partial charge in [-0.25, -0.2) is 17.8 Å². The van der Waals surface area contributed by atoms with Gasteiger partial charge in [0, 0.05) is 20.2 Å². The fourth-order valence-electron chi connectivity index (χ4n) is 1.62. The number of nitrogens with one attached hydrogen (secondary N) is 1. The largest absolute Gasteiger partial charge is 0.467 e. The summed E-state index contributed by atoms with van der Waals surface area (Å²) in [6.07, 6.45) is 2.12. The molecule has 0 aromatic carbocycles. The summed E-state index contributed by atoms with van der Waals surface area (Å²) in [7, 11) is -2.13. The summed E-state index contributed by atoms with van der Waals surface area (Å²) in [4.78, 5) is 0. The van der Waals surface area contributed by atoms with Crippen molar-refractivity contribution in [1.29, 1.82) is 0 Å². The molecule has 1 N–H and O–H groups in total. The average Bonchev–Trinajstić information content (AvgIpc) is 3.04. The van der Waals surface area contributed by atoms with E-state index in [1.54, 1.807) is 12.3 Å². The number of furan rings is 1. The Labute approximate surface area is 130 Å². The third kappa shape index (κ3) is 4.37. The van der Waals surface area contributed by atoms with Gasteiger partial charge in [-0.2, -0.15) is 0 Å². The molecule has 10 heteroatoms. The zero-order valence-corrected chi connectivity index (χ0v) is 13.7. The monoisotopic (exact) mass is 378 g/mol. The molecule has 0 saturated heterocycles. The van der Waals surface area contributed by atoms with Gasteiger partial charge in [-0.05, 0) is 34.5 Å². The number of ether oxygens (including phenoxy) is 1. The van der Waals surface area contributed by atoms with E-state index < -0.39 is 10.0 Å². The molecule has 21 heavy (non-hydrogen) atoms. The molecule has 116 valence electrons. The molecule has 0 spiro atoms. The first-order valence-corrected chi connectivity index (χ1v) is 8.43. The Morgan fingerprint density at radius 2 is 2.33 bits per heavy atom. The Hall–Kier alpha value is -1.23. The van der Waals surface area contributed by atoms with Crippen molar-refractivity contribution >= 4 is 26.0 Å². The maximum absolute atomic E-state index is 12.1. The topological polar surface area (TPSA) is 99.2 Å².